The lowest BCUT2D eigenvalue weighted by Crippen LogP contribution is -2.40. The predicted molar refractivity (Wildman–Crippen MR) is 65.1 cm³/mol. The maximum atomic E-state index is 3.70. The lowest BCUT2D eigenvalue weighted by atomic mass is 10.0. The van der Waals surface area contributed by atoms with Crippen LogP contribution in [0.15, 0.2) is 0 Å². The standard InChI is InChI=1S/C13H26N2/c1-12-5-4-9-15(11-12)10-8-14-13-6-2-3-7-13/h12-14H,2-11H2,1H3/t12-/m0/s1. The molecule has 1 aliphatic carbocycles. The Balaban J connectivity index is 1.56. The first-order chi connectivity index (χ1) is 7.34. The van der Waals surface area contributed by atoms with Gasteiger partial charge in [-0.25, -0.2) is 0 Å². The zero-order valence-corrected chi connectivity index (χ0v) is 10.2. The molecular formula is C13H26N2. The average Bonchev–Trinajstić information content (AvgIpc) is 2.71. The molecule has 1 saturated carbocycles. The second-order valence-corrected chi connectivity index (χ2v) is 5.48. The summed E-state index contributed by atoms with van der Waals surface area (Å²) < 4.78 is 0. The molecule has 2 rings (SSSR count). The molecule has 0 bridgehead atoms. The number of hydrogen-bond acceptors (Lipinski definition) is 2. The van der Waals surface area contributed by atoms with Crippen molar-refractivity contribution in [1.29, 1.82) is 0 Å². The highest BCUT2D eigenvalue weighted by atomic mass is 15.1. The summed E-state index contributed by atoms with van der Waals surface area (Å²) in [6, 6.07) is 0.840. The van der Waals surface area contributed by atoms with Gasteiger partial charge in [0, 0.05) is 25.7 Å². The number of rotatable bonds is 4. The Kier molecular flexibility index (Phi) is 4.45. The first-order valence-corrected chi connectivity index (χ1v) is 6.80. The van der Waals surface area contributed by atoms with Crippen LogP contribution < -0.4 is 5.32 Å². The molecule has 1 N–H and O–H groups in total. The van der Waals surface area contributed by atoms with E-state index in [9.17, 15) is 0 Å². The fourth-order valence-corrected chi connectivity index (χ4v) is 3.05. The smallest absolute Gasteiger partial charge is 0.0107 e. The normalized spacial score (nSPS) is 29.8. The summed E-state index contributed by atoms with van der Waals surface area (Å²) in [5.41, 5.74) is 0. The highest BCUT2D eigenvalue weighted by Crippen LogP contribution is 2.18. The molecule has 0 aromatic rings. The number of piperidine rings is 1. The summed E-state index contributed by atoms with van der Waals surface area (Å²) in [5.74, 6) is 0.922. The maximum absolute atomic E-state index is 3.70. The van der Waals surface area contributed by atoms with Gasteiger partial charge in [0.25, 0.3) is 0 Å². The lowest BCUT2D eigenvalue weighted by Gasteiger charge is -2.31. The van der Waals surface area contributed by atoms with Gasteiger partial charge in [-0.1, -0.05) is 19.8 Å². The van der Waals surface area contributed by atoms with Gasteiger partial charge in [0.15, 0.2) is 0 Å². The minimum absolute atomic E-state index is 0.840. The molecule has 1 aliphatic heterocycles. The van der Waals surface area contributed by atoms with Gasteiger partial charge in [0.2, 0.25) is 0 Å². The molecule has 1 saturated heterocycles. The number of likely N-dealkylation sites (tertiary alicyclic amines) is 1. The van der Waals surface area contributed by atoms with Crippen molar-refractivity contribution in [1.82, 2.24) is 10.2 Å². The zero-order valence-electron chi connectivity index (χ0n) is 10.2. The summed E-state index contributed by atoms with van der Waals surface area (Å²) >= 11 is 0. The molecule has 0 aromatic heterocycles. The van der Waals surface area contributed by atoms with Crippen molar-refractivity contribution in [2.45, 2.75) is 51.5 Å². The maximum Gasteiger partial charge on any atom is 0.0107 e. The summed E-state index contributed by atoms with van der Waals surface area (Å²) in [4.78, 5) is 2.64. The third-order valence-corrected chi connectivity index (χ3v) is 3.96. The van der Waals surface area contributed by atoms with Crippen molar-refractivity contribution >= 4 is 0 Å². The monoisotopic (exact) mass is 210 g/mol. The Morgan fingerprint density at radius 2 is 1.93 bits per heavy atom. The van der Waals surface area contributed by atoms with E-state index in [0.29, 0.717) is 0 Å². The first kappa shape index (κ1) is 11.4. The van der Waals surface area contributed by atoms with Crippen LogP contribution in [-0.2, 0) is 0 Å². The molecule has 0 unspecified atom stereocenters. The average molecular weight is 210 g/mol. The van der Waals surface area contributed by atoms with Gasteiger partial charge in [-0.05, 0) is 38.1 Å². The lowest BCUT2D eigenvalue weighted by molar-refractivity contribution is 0.183. The van der Waals surface area contributed by atoms with Crippen LogP contribution in [0.5, 0.6) is 0 Å². The molecule has 15 heavy (non-hydrogen) atoms. The number of nitrogens with one attached hydrogen (secondary N) is 1. The van der Waals surface area contributed by atoms with Gasteiger partial charge in [0.05, 0.1) is 0 Å². The molecule has 0 radical (unpaired) electrons. The quantitative estimate of drug-likeness (QED) is 0.765. The van der Waals surface area contributed by atoms with Crippen LogP contribution in [0.25, 0.3) is 0 Å². The predicted octanol–water partition coefficient (Wildman–Crippen LogP) is 2.25. The van der Waals surface area contributed by atoms with Gasteiger partial charge >= 0.3 is 0 Å². The van der Waals surface area contributed by atoms with Crippen LogP contribution in [-0.4, -0.2) is 37.1 Å². The van der Waals surface area contributed by atoms with E-state index in [1.54, 1.807) is 0 Å². The summed E-state index contributed by atoms with van der Waals surface area (Å²) in [7, 11) is 0. The van der Waals surface area contributed by atoms with Crippen molar-refractivity contribution in [2.75, 3.05) is 26.2 Å². The summed E-state index contributed by atoms with van der Waals surface area (Å²) in [5, 5.41) is 3.70. The molecule has 88 valence electrons. The van der Waals surface area contributed by atoms with Crippen LogP contribution in [0.1, 0.15) is 45.4 Å². The molecule has 1 heterocycles. The van der Waals surface area contributed by atoms with Gasteiger partial charge in [-0.3, -0.25) is 0 Å². The van der Waals surface area contributed by atoms with Crippen molar-refractivity contribution in [3.05, 3.63) is 0 Å². The number of nitrogens with zero attached hydrogens (tertiary/aromatic N) is 1. The third-order valence-electron chi connectivity index (χ3n) is 3.96. The van der Waals surface area contributed by atoms with E-state index in [-0.39, 0.29) is 0 Å². The van der Waals surface area contributed by atoms with Gasteiger partial charge in [0.1, 0.15) is 0 Å². The largest absolute Gasteiger partial charge is 0.313 e. The van der Waals surface area contributed by atoms with Crippen molar-refractivity contribution in [3.8, 4) is 0 Å². The van der Waals surface area contributed by atoms with Gasteiger partial charge in [-0.2, -0.15) is 0 Å². The zero-order chi connectivity index (χ0) is 10.5. The van der Waals surface area contributed by atoms with E-state index in [4.69, 9.17) is 0 Å². The molecule has 2 fully saturated rings. The van der Waals surface area contributed by atoms with Crippen molar-refractivity contribution < 1.29 is 0 Å². The molecule has 2 nitrogen and oxygen atoms in total. The first-order valence-electron chi connectivity index (χ1n) is 6.80. The van der Waals surface area contributed by atoms with E-state index >= 15 is 0 Å². The van der Waals surface area contributed by atoms with Crippen LogP contribution in [0.2, 0.25) is 0 Å². The topological polar surface area (TPSA) is 15.3 Å². The molecule has 2 heteroatoms. The van der Waals surface area contributed by atoms with E-state index in [1.165, 1.54) is 64.7 Å². The van der Waals surface area contributed by atoms with Gasteiger partial charge < -0.3 is 10.2 Å². The van der Waals surface area contributed by atoms with Gasteiger partial charge in [-0.15, -0.1) is 0 Å². The fourth-order valence-electron chi connectivity index (χ4n) is 3.05. The van der Waals surface area contributed by atoms with E-state index < -0.39 is 0 Å². The Morgan fingerprint density at radius 3 is 2.67 bits per heavy atom. The molecule has 1 atom stereocenters. The highest BCUT2D eigenvalue weighted by Gasteiger charge is 2.17. The van der Waals surface area contributed by atoms with Crippen LogP contribution in [0, 0.1) is 5.92 Å². The molecule has 0 aromatic carbocycles. The third kappa shape index (κ3) is 3.76. The summed E-state index contributed by atoms with van der Waals surface area (Å²) in [6.07, 6.45) is 8.56. The Labute approximate surface area is 94.4 Å². The Morgan fingerprint density at radius 1 is 1.13 bits per heavy atom. The van der Waals surface area contributed by atoms with E-state index in [1.807, 2.05) is 0 Å². The van der Waals surface area contributed by atoms with Crippen LogP contribution >= 0.6 is 0 Å². The van der Waals surface area contributed by atoms with Crippen LogP contribution in [0.4, 0.5) is 0 Å². The highest BCUT2D eigenvalue weighted by molar-refractivity contribution is 4.75. The molecule has 0 spiro atoms. The molecule has 0 amide bonds. The number of hydrogen-bond donors (Lipinski definition) is 1. The van der Waals surface area contributed by atoms with E-state index in [2.05, 4.69) is 17.1 Å². The minimum Gasteiger partial charge on any atom is -0.313 e. The fraction of sp³-hybridized carbons (Fsp3) is 1.00. The Hall–Kier alpha value is -0.0800. The second kappa shape index (κ2) is 5.86. The summed E-state index contributed by atoms with van der Waals surface area (Å²) in [6.45, 7) is 7.51. The SMILES string of the molecule is C[C@H]1CCCN(CCNC2CCCC2)C1. The Bertz CT molecular complexity index is 175. The van der Waals surface area contributed by atoms with Crippen molar-refractivity contribution in [3.63, 3.8) is 0 Å². The second-order valence-electron chi connectivity index (χ2n) is 5.48. The molecular weight excluding hydrogens is 184 g/mol. The molecule has 2 aliphatic rings. The van der Waals surface area contributed by atoms with Crippen LogP contribution in [0.3, 0.4) is 0 Å². The van der Waals surface area contributed by atoms with E-state index in [0.717, 1.165) is 12.0 Å². The minimum atomic E-state index is 0.840. The van der Waals surface area contributed by atoms with Crippen molar-refractivity contribution in [2.24, 2.45) is 5.92 Å².